The molecule has 97 heavy (non-hydrogen) atoms. The zero-order valence-corrected chi connectivity index (χ0v) is 54.1. The average molecular weight is 1240 g/mol. The Morgan fingerprint density at radius 2 is 0.577 bits per heavy atom. The molecule has 13 aromatic carbocycles. The fourth-order valence-corrected chi connectivity index (χ4v) is 14.7. The fraction of sp³-hybridized carbons (Fsp3) is 0.0444. The fourth-order valence-electron chi connectivity index (χ4n) is 14.7. The molecular weight excluding hydrogens is 1180 g/mol. The molecule has 7 heteroatoms. The van der Waals surface area contributed by atoms with Crippen molar-refractivity contribution in [3.8, 4) is 107 Å². The van der Waals surface area contributed by atoms with Crippen molar-refractivity contribution in [1.29, 1.82) is 0 Å². The number of aromatic nitrogens is 7. The van der Waals surface area contributed by atoms with Gasteiger partial charge in [0.2, 0.25) is 0 Å². The number of pyridine rings is 1. The van der Waals surface area contributed by atoms with Crippen molar-refractivity contribution in [2.24, 2.45) is 0 Å². The van der Waals surface area contributed by atoms with Gasteiger partial charge in [-0.2, -0.15) is 0 Å². The minimum Gasteiger partial charge on any atom is -0.309 e. The van der Waals surface area contributed by atoms with Gasteiger partial charge >= 0.3 is 0 Å². The van der Waals surface area contributed by atoms with Crippen molar-refractivity contribution >= 4 is 65.4 Å². The summed E-state index contributed by atoms with van der Waals surface area (Å²) in [7, 11) is 0. The summed E-state index contributed by atoms with van der Waals surface area (Å²) >= 11 is 0. The molecule has 5 heterocycles. The molecule has 458 valence electrons. The predicted molar refractivity (Wildman–Crippen MR) is 403 cm³/mol. The van der Waals surface area contributed by atoms with E-state index >= 15 is 0 Å². The Morgan fingerprint density at radius 1 is 0.216 bits per heavy atom. The van der Waals surface area contributed by atoms with Crippen LogP contribution < -0.4 is 0 Å². The van der Waals surface area contributed by atoms with Crippen LogP contribution in [0.25, 0.3) is 173 Å². The van der Waals surface area contributed by atoms with Crippen LogP contribution in [-0.2, 0) is 0 Å². The lowest BCUT2D eigenvalue weighted by Crippen LogP contribution is -2.02. The third-order valence-corrected chi connectivity index (χ3v) is 19.3. The lowest BCUT2D eigenvalue weighted by molar-refractivity contribution is 1.07. The summed E-state index contributed by atoms with van der Waals surface area (Å²) in [5, 5.41) is 7.37. The van der Waals surface area contributed by atoms with Crippen molar-refractivity contribution in [1.82, 2.24) is 33.6 Å². The van der Waals surface area contributed by atoms with Gasteiger partial charge < -0.3 is 13.7 Å². The summed E-state index contributed by atoms with van der Waals surface area (Å²) < 4.78 is 7.20. The number of fused-ring (bicyclic) bond motifs is 9. The molecule has 0 saturated heterocycles. The summed E-state index contributed by atoms with van der Waals surface area (Å²) in [6.07, 6.45) is 0. The second-order valence-electron chi connectivity index (χ2n) is 25.7. The molecule has 0 saturated carbocycles. The van der Waals surface area contributed by atoms with Gasteiger partial charge in [-0.15, -0.1) is 0 Å². The van der Waals surface area contributed by atoms with Crippen molar-refractivity contribution in [2.75, 3.05) is 0 Å². The third kappa shape index (κ3) is 9.89. The molecule has 18 aromatic rings. The van der Waals surface area contributed by atoms with E-state index in [0.717, 1.165) is 112 Å². The van der Waals surface area contributed by atoms with Crippen LogP contribution in [0.1, 0.15) is 22.3 Å². The van der Waals surface area contributed by atoms with Gasteiger partial charge in [-0.1, -0.05) is 222 Å². The Kier molecular flexibility index (Phi) is 13.6. The Balaban J connectivity index is 0.875. The molecule has 0 aliphatic heterocycles. The van der Waals surface area contributed by atoms with Gasteiger partial charge in [0, 0.05) is 82.8 Å². The predicted octanol–water partition coefficient (Wildman–Crippen LogP) is 23.1. The normalized spacial score (nSPS) is 11.7. The molecule has 0 spiro atoms. The summed E-state index contributed by atoms with van der Waals surface area (Å²) in [5.41, 5.74) is 27.6. The van der Waals surface area contributed by atoms with Crippen LogP contribution >= 0.6 is 0 Å². The Hall–Kier alpha value is -12.6. The minimum absolute atomic E-state index is 0.564. The highest BCUT2D eigenvalue weighted by molar-refractivity contribution is 6.12. The van der Waals surface area contributed by atoms with E-state index in [1.807, 2.05) is 36.4 Å². The molecule has 18 rings (SSSR count). The molecule has 0 aliphatic rings. The van der Waals surface area contributed by atoms with Crippen LogP contribution in [-0.4, -0.2) is 33.6 Å². The molecular formula is C90H63N7. The standard InChI is InChI=1S/C90H63N7/c1-56-28-45-81-73(50-56)74-51-57(2)29-46-82(74)96(81)68-41-34-62(35-42-68)86-78(70-24-14-15-26-72(70)90-93-88(64-20-10-6-11-21-64)92-89(94-90)65-22-12-7-13-23-65)55-79(91-87(86)63-36-43-69(44-37-63)97-83-47-30-58(3)52-75(83)76-53-59(4)31-48-84(76)97)61-32-39-67(40-33-61)95-80-27-17-16-25-71(80)77-54-66(38-49-85(77)95)60-18-8-5-9-19-60/h5-55H,1-4H3. The zero-order valence-electron chi connectivity index (χ0n) is 54.1. The molecule has 0 unspecified atom stereocenters. The first-order valence-electron chi connectivity index (χ1n) is 33.2. The summed E-state index contributed by atoms with van der Waals surface area (Å²) in [6, 6.07) is 112. The van der Waals surface area contributed by atoms with E-state index in [4.69, 9.17) is 19.9 Å². The monoisotopic (exact) mass is 1240 g/mol. The van der Waals surface area contributed by atoms with E-state index in [2.05, 4.69) is 314 Å². The van der Waals surface area contributed by atoms with E-state index in [0.29, 0.717) is 17.5 Å². The quantitative estimate of drug-likeness (QED) is 0.129. The van der Waals surface area contributed by atoms with Crippen molar-refractivity contribution in [3.05, 3.63) is 332 Å². The number of hydrogen-bond donors (Lipinski definition) is 0. The van der Waals surface area contributed by atoms with Gasteiger partial charge in [-0.25, -0.2) is 19.9 Å². The van der Waals surface area contributed by atoms with Gasteiger partial charge in [-0.05, 0) is 165 Å². The summed E-state index contributed by atoms with van der Waals surface area (Å²) in [4.78, 5) is 21.9. The smallest absolute Gasteiger partial charge is 0.164 e. The van der Waals surface area contributed by atoms with E-state index in [1.165, 1.54) is 65.7 Å². The van der Waals surface area contributed by atoms with Crippen LogP contribution in [0.4, 0.5) is 0 Å². The van der Waals surface area contributed by atoms with Crippen LogP contribution in [0.15, 0.2) is 309 Å². The maximum Gasteiger partial charge on any atom is 0.164 e. The number of hydrogen-bond acceptors (Lipinski definition) is 4. The van der Waals surface area contributed by atoms with E-state index in [1.54, 1.807) is 0 Å². The first kappa shape index (κ1) is 57.1. The van der Waals surface area contributed by atoms with Crippen molar-refractivity contribution in [2.45, 2.75) is 27.7 Å². The Bertz CT molecular complexity index is 5950. The van der Waals surface area contributed by atoms with Gasteiger partial charge in [0.1, 0.15) is 0 Å². The second kappa shape index (κ2) is 23.2. The first-order valence-corrected chi connectivity index (χ1v) is 33.2. The highest BCUT2D eigenvalue weighted by Crippen LogP contribution is 2.47. The Morgan fingerprint density at radius 3 is 1.06 bits per heavy atom. The van der Waals surface area contributed by atoms with Crippen molar-refractivity contribution < 1.29 is 0 Å². The van der Waals surface area contributed by atoms with Gasteiger partial charge in [0.25, 0.3) is 0 Å². The largest absolute Gasteiger partial charge is 0.309 e. The van der Waals surface area contributed by atoms with Crippen LogP contribution in [0.5, 0.6) is 0 Å². The van der Waals surface area contributed by atoms with Crippen molar-refractivity contribution in [3.63, 3.8) is 0 Å². The summed E-state index contributed by atoms with van der Waals surface area (Å²) in [5.74, 6) is 1.75. The lowest BCUT2D eigenvalue weighted by atomic mass is 9.87. The first-order chi connectivity index (χ1) is 47.7. The molecule has 0 bridgehead atoms. The number of nitrogens with zero attached hydrogens (tertiary/aromatic N) is 7. The highest BCUT2D eigenvalue weighted by atomic mass is 15.0. The molecule has 0 amide bonds. The molecule has 0 N–H and O–H groups in total. The van der Waals surface area contributed by atoms with Crippen LogP contribution in [0, 0.1) is 27.7 Å². The SMILES string of the molecule is Cc1ccc2c(c1)c1cc(C)ccc1n2-c1ccc(-c2nc(-c3ccc(-n4c5ccccc5c5cc(-c6ccccc6)ccc54)cc3)cc(-c3ccccc3-c3nc(-c4ccccc4)nc(-c4ccccc4)n3)c2-c2ccc(-n3c4ccc(C)cc4c4cc(C)ccc43)cc2)cc1. The van der Waals surface area contributed by atoms with Crippen LogP contribution in [0.2, 0.25) is 0 Å². The number of benzene rings is 13. The Labute approximate surface area is 562 Å². The zero-order chi connectivity index (χ0) is 64.8. The van der Waals surface area contributed by atoms with Crippen LogP contribution in [0.3, 0.4) is 0 Å². The van der Waals surface area contributed by atoms with E-state index in [-0.39, 0.29) is 0 Å². The molecule has 7 nitrogen and oxygen atoms in total. The lowest BCUT2D eigenvalue weighted by Gasteiger charge is -2.21. The summed E-state index contributed by atoms with van der Waals surface area (Å²) in [6.45, 7) is 8.70. The van der Waals surface area contributed by atoms with Gasteiger partial charge in [0.15, 0.2) is 17.5 Å². The maximum absolute atomic E-state index is 5.94. The third-order valence-electron chi connectivity index (χ3n) is 19.3. The van der Waals surface area contributed by atoms with Gasteiger partial charge in [-0.3, -0.25) is 0 Å². The van der Waals surface area contributed by atoms with E-state index in [9.17, 15) is 0 Å². The topological polar surface area (TPSA) is 66.3 Å². The number of aryl methyl sites for hydroxylation is 4. The highest BCUT2D eigenvalue weighted by Gasteiger charge is 2.25. The number of rotatable bonds is 11. The molecule has 0 atom stereocenters. The minimum atomic E-state index is 0.564. The molecule has 0 aliphatic carbocycles. The second-order valence-corrected chi connectivity index (χ2v) is 25.7. The molecule has 0 radical (unpaired) electrons. The van der Waals surface area contributed by atoms with E-state index < -0.39 is 0 Å². The maximum atomic E-state index is 5.94. The number of para-hydroxylation sites is 1. The average Bonchev–Trinajstić information content (AvgIpc) is 1.50. The molecule has 0 fully saturated rings. The van der Waals surface area contributed by atoms with Gasteiger partial charge in [0.05, 0.1) is 44.5 Å². The molecule has 5 aromatic heterocycles.